The lowest BCUT2D eigenvalue weighted by atomic mass is 10.2. The van der Waals surface area contributed by atoms with Crippen molar-refractivity contribution in [3.05, 3.63) is 16.1 Å². The van der Waals surface area contributed by atoms with Crippen LogP contribution < -0.4 is 10.6 Å². The zero-order valence-electron chi connectivity index (χ0n) is 16.2. The first-order valence-electron chi connectivity index (χ1n) is 9.13. The van der Waals surface area contributed by atoms with E-state index < -0.39 is 0 Å². The fourth-order valence-electron chi connectivity index (χ4n) is 2.73. The van der Waals surface area contributed by atoms with Gasteiger partial charge in [0.2, 0.25) is 0 Å². The van der Waals surface area contributed by atoms with Crippen molar-refractivity contribution in [2.75, 3.05) is 26.2 Å². The maximum absolute atomic E-state index is 4.69. The summed E-state index contributed by atoms with van der Waals surface area (Å²) in [6.45, 7) is 16.9. The molecule has 138 valence electrons. The van der Waals surface area contributed by atoms with Crippen LogP contribution in [0.5, 0.6) is 0 Å². The average Bonchev–Trinajstić information content (AvgIpc) is 2.91. The number of aryl methyl sites for hydroxylation is 1. The highest BCUT2D eigenvalue weighted by atomic mass is 32.1. The third kappa shape index (κ3) is 8.11. The molecule has 0 aromatic carbocycles. The summed E-state index contributed by atoms with van der Waals surface area (Å²) in [6.07, 6.45) is 2.02. The van der Waals surface area contributed by atoms with Gasteiger partial charge in [-0.25, -0.2) is 4.98 Å². The summed E-state index contributed by atoms with van der Waals surface area (Å²) >= 11 is 1.71. The smallest absolute Gasteiger partial charge is 0.191 e. The molecule has 5 nitrogen and oxygen atoms in total. The van der Waals surface area contributed by atoms with Gasteiger partial charge in [-0.15, -0.1) is 11.3 Å². The van der Waals surface area contributed by atoms with Crippen LogP contribution in [-0.4, -0.2) is 54.1 Å². The van der Waals surface area contributed by atoms with Crippen LogP contribution in [0.2, 0.25) is 0 Å². The zero-order valence-corrected chi connectivity index (χ0v) is 17.0. The van der Waals surface area contributed by atoms with E-state index in [0.717, 1.165) is 55.7 Å². The second kappa shape index (κ2) is 11.4. The highest BCUT2D eigenvalue weighted by Crippen LogP contribution is 2.08. The fourth-order valence-corrected chi connectivity index (χ4v) is 3.38. The van der Waals surface area contributed by atoms with Gasteiger partial charge in [0, 0.05) is 50.1 Å². The van der Waals surface area contributed by atoms with E-state index in [1.54, 1.807) is 11.3 Å². The average molecular weight is 354 g/mol. The molecular formula is C18H35N5S. The Morgan fingerprint density at radius 1 is 1.25 bits per heavy atom. The molecule has 0 fully saturated rings. The predicted octanol–water partition coefficient (Wildman–Crippen LogP) is 3.06. The predicted molar refractivity (Wildman–Crippen MR) is 106 cm³/mol. The van der Waals surface area contributed by atoms with Gasteiger partial charge in [-0.1, -0.05) is 0 Å². The third-order valence-electron chi connectivity index (χ3n) is 3.86. The van der Waals surface area contributed by atoms with Crippen LogP contribution in [0.15, 0.2) is 10.4 Å². The van der Waals surface area contributed by atoms with E-state index in [4.69, 9.17) is 4.99 Å². The maximum atomic E-state index is 4.69. The molecule has 0 radical (unpaired) electrons. The molecule has 0 spiro atoms. The number of hydrogen-bond acceptors (Lipinski definition) is 4. The highest BCUT2D eigenvalue weighted by molar-refractivity contribution is 7.09. The van der Waals surface area contributed by atoms with E-state index in [-0.39, 0.29) is 0 Å². The number of aliphatic imine (C=N–C) groups is 1. The highest BCUT2D eigenvalue weighted by Gasteiger charge is 2.12. The Hall–Kier alpha value is -1.14. The van der Waals surface area contributed by atoms with Gasteiger partial charge in [-0.2, -0.15) is 0 Å². The van der Waals surface area contributed by atoms with Gasteiger partial charge in [0.1, 0.15) is 0 Å². The molecule has 6 heteroatoms. The molecule has 2 N–H and O–H groups in total. The van der Waals surface area contributed by atoms with Crippen LogP contribution >= 0.6 is 11.3 Å². The van der Waals surface area contributed by atoms with Crippen LogP contribution in [0, 0.1) is 6.92 Å². The molecule has 1 rings (SSSR count). The third-order valence-corrected chi connectivity index (χ3v) is 4.68. The number of aromatic nitrogens is 1. The van der Waals surface area contributed by atoms with E-state index in [1.807, 2.05) is 6.92 Å². The quantitative estimate of drug-likeness (QED) is 0.386. The van der Waals surface area contributed by atoms with E-state index >= 15 is 0 Å². The van der Waals surface area contributed by atoms with Gasteiger partial charge < -0.3 is 10.6 Å². The van der Waals surface area contributed by atoms with Gasteiger partial charge in [0.05, 0.1) is 10.7 Å². The summed E-state index contributed by atoms with van der Waals surface area (Å²) in [6, 6.07) is 1.17. The molecular weight excluding hydrogens is 318 g/mol. The molecule has 0 bridgehead atoms. The zero-order chi connectivity index (χ0) is 17.9. The number of thiazole rings is 1. The molecule has 0 saturated heterocycles. The van der Waals surface area contributed by atoms with Crippen molar-refractivity contribution in [3.8, 4) is 0 Å². The Bertz CT molecular complexity index is 474. The summed E-state index contributed by atoms with van der Waals surface area (Å²) in [5, 5.41) is 9.98. The molecule has 0 amide bonds. The lowest BCUT2D eigenvalue weighted by molar-refractivity contribution is 0.174. The lowest BCUT2D eigenvalue weighted by Gasteiger charge is -2.30. The normalized spacial score (nSPS) is 12.5. The number of rotatable bonds is 10. The number of nitrogens with zero attached hydrogens (tertiary/aromatic N) is 3. The Kier molecular flexibility index (Phi) is 9.95. The minimum absolute atomic E-state index is 0.585. The topological polar surface area (TPSA) is 52.6 Å². The Morgan fingerprint density at radius 2 is 1.96 bits per heavy atom. The van der Waals surface area contributed by atoms with Crippen molar-refractivity contribution in [1.29, 1.82) is 0 Å². The Labute approximate surface area is 152 Å². The second-order valence-corrected chi connectivity index (χ2v) is 7.64. The van der Waals surface area contributed by atoms with Gasteiger partial charge in [0.25, 0.3) is 0 Å². The second-order valence-electron chi connectivity index (χ2n) is 6.57. The molecule has 0 unspecified atom stereocenters. The number of nitrogens with one attached hydrogen (secondary N) is 2. The van der Waals surface area contributed by atoms with E-state index in [0.29, 0.717) is 12.1 Å². The van der Waals surface area contributed by atoms with Crippen LogP contribution in [0.4, 0.5) is 0 Å². The van der Waals surface area contributed by atoms with Crippen molar-refractivity contribution in [3.63, 3.8) is 0 Å². The monoisotopic (exact) mass is 353 g/mol. The minimum atomic E-state index is 0.585. The van der Waals surface area contributed by atoms with E-state index in [2.05, 4.69) is 60.5 Å². The first-order chi connectivity index (χ1) is 11.4. The molecule has 1 aromatic rings. The number of guanidine groups is 1. The summed E-state index contributed by atoms with van der Waals surface area (Å²) in [7, 11) is 0. The summed E-state index contributed by atoms with van der Waals surface area (Å²) < 4.78 is 0. The van der Waals surface area contributed by atoms with Crippen LogP contribution in [0.3, 0.4) is 0 Å². The van der Waals surface area contributed by atoms with E-state index in [1.165, 1.54) is 0 Å². The molecule has 24 heavy (non-hydrogen) atoms. The van der Waals surface area contributed by atoms with Crippen molar-refractivity contribution in [2.45, 2.75) is 66.5 Å². The Morgan fingerprint density at radius 3 is 2.50 bits per heavy atom. The summed E-state index contributed by atoms with van der Waals surface area (Å²) in [4.78, 5) is 11.7. The van der Waals surface area contributed by atoms with Gasteiger partial charge in [0.15, 0.2) is 5.96 Å². The standard InChI is InChI=1S/C18H35N5S/c1-7-19-18(21-11-9-17-13-24-16(6)22-17)20-10-8-12-23(14(2)3)15(4)5/h13-15H,7-12H2,1-6H3,(H2,19,20,21). The largest absolute Gasteiger partial charge is 0.357 e. The molecule has 0 aliphatic carbocycles. The van der Waals surface area contributed by atoms with Crippen molar-refractivity contribution < 1.29 is 0 Å². The Balaban J connectivity index is 2.36. The summed E-state index contributed by atoms with van der Waals surface area (Å²) in [5.41, 5.74) is 1.16. The SMILES string of the molecule is CCNC(=NCCCN(C(C)C)C(C)C)NCCc1csc(C)n1. The molecule has 0 saturated carbocycles. The molecule has 0 aliphatic rings. The first-order valence-corrected chi connectivity index (χ1v) is 10.0. The van der Waals surface area contributed by atoms with Crippen LogP contribution in [-0.2, 0) is 6.42 Å². The number of hydrogen-bond donors (Lipinski definition) is 2. The van der Waals surface area contributed by atoms with Crippen LogP contribution in [0.1, 0.15) is 51.7 Å². The molecule has 0 atom stereocenters. The molecule has 0 aliphatic heterocycles. The molecule has 1 heterocycles. The minimum Gasteiger partial charge on any atom is -0.357 e. The fraction of sp³-hybridized carbons (Fsp3) is 0.778. The van der Waals surface area contributed by atoms with Crippen molar-refractivity contribution in [2.24, 2.45) is 4.99 Å². The van der Waals surface area contributed by atoms with Crippen molar-refractivity contribution in [1.82, 2.24) is 20.5 Å². The first kappa shape index (κ1) is 20.9. The maximum Gasteiger partial charge on any atom is 0.191 e. The van der Waals surface area contributed by atoms with E-state index in [9.17, 15) is 0 Å². The lowest BCUT2D eigenvalue weighted by Crippen LogP contribution is -2.39. The van der Waals surface area contributed by atoms with Gasteiger partial charge in [-0.05, 0) is 48.0 Å². The van der Waals surface area contributed by atoms with Gasteiger partial charge >= 0.3 is 0 Å². The van der Waals surface area contributed by atoms with Gasteiger partial charge in [-0.3, -0.25) is 9.89 Å². The van der Waals surface area contributed by atoms with Crippen molar-refractivity contribution >= 4 is 17.3 Å². The summed E-state index contributed by atoms with van der Waals surface area (Å²) in [5.74, 6) is 0.907. The van der Waals surface area contributed by atoms with Crippen LogP contribution in [0.25, 0.3) is 0 Å². The molecule has 1 aromatic heterocycles.